The molecule has 1 N–H and O–H groups in total. The first-order valence-corrected chi connectivity index (χ1v) is 9.19. The van der Waals surface area contributed by atoms with Gasteiger partial charge in [0.2, 0.25) is 0 Å². The molecule has 0 radical (unpaired) electrons. The van der Waals surface area contributed by atoms with Crippen LogP contribution in [-0.2, 0) is 14.9 Å². The van der Waals surface area contributed by atoms with Gasteiger partial charge in [0.25, 0.3) is 5.91 Å². The molecule has 0 saturated heterocycles. The molecular weight excluding hydrogens is 338 g/mol. The second-order valence-corrected chi connectivity index (χ2v) is 8.14. The summed E-state index contributed by atoms with van der Waals surface area (Å²) in [7, 11) is 0. The third kappa shape index (κ3) is 5.19. The molecular formula is C23H29NO3. The molecule has 0 aliphatic carbocycles. The number of rotatable bonds is 4. The molecule has 0 aliphatic heterocycles. The second kappa shape index (κ2) is 7.95. The van der Waals surface area contributed by atoms with Gasteiger partial charge in [0.05, 0.1) is 5.56 Å². The average Bonchev–Trinajstić information content (AvgIpc) is 2.57. The number of hydrogen-bond acceptors (Lipinski definition) is 3. The first kappa shape index (κ1) is 20.7. The molecule has 2 aromatic rings. The number of aryl methyl sites for hydroxylation is 3. The van der Waals surface area contributed by atoms with Crippen molar-refractivity contribution >= 4 is 17.6 Å². The Morgan fingerprint density at radius 2 is 1.48 bits per heavy atom. The summed E-state index contributed by atoms with van der Waals surface area (Å²) in [6.07, 6.45) is -0.889. The van der Waals surface area contributed by atoms with E-state index in [1.165, 1.54) is 0 Å². The van der Waals surface area contributed by atoms with Crippen molar-refractivity contribution < 1.29 is 14.3 Å². The maximum atomic E-state index is 12.5. The third-order valence-electron chi connectivity index (χ3n) is 4.56. The minimum Gasteiger partial charge on any atom is -0.449 e. The van der Waals surface area contributed by atoms with E-state index in [9.17, 15) is 9.59 Å². The summed E-state index contributed by atoms with van der Waals surface area (Å²) in [5.41, 5.74) is 5.46. The highest BCUT2D eigenvalue weighted by atomic mass is 16.5. The lowest BCUT2D eigenvalue weighted by atomic mass is 9.87. The highest BCUT2D eigenvalue weighted by Crippen LogP contribution is 2.23. The molecule has 4 heteroatoms. The number of nitrogens with one attached hydrogen (secondary N) is 1. The Morgan fingerprint density at radius 3 is 1.96 bits per heavy atom. The fourth-order valence-corrected chi connectivity index (χ4v) is 2.99. The van der Waals surface area contributed by atoms with Gasteiger partial charge in [-0.1, -0.05) is 50.6 Å². The summed E-state index contributed by atoms with van der Waals surface area (Å²) in [6.45, 7) is 13.8. The molecule has 0 bridgehead atoms. The lowest BCUT2D eigenvalue weighted by molar-refractivity contribution is -0.123. The van der Waals surface area contributed by atoms with Crippen LogP contribution in [0.2, 0.25) is 0 Å². The molecule has 1 atom stereocenters. The zero-order chi connectivity index (χ0) is 20.4. The molecule has 0 aliphatic rings. The predicted molar refractivity (Wildman–Crippen MR) is 109 cm³/mol. The van der Waals surface area contributed by atoms with Crippen LogP contribution in [0.15, 0.2) is 36.4 Å². The van der Waals surface area contributed by atoms with Gasteiger partial charge in [0.15, 0.2) is 6.10 Å². The van der Waals surface area contributed by atoms with Crippen LogP contribution in [0.25, 0.3) is 0 Å². The first-order valence-electron chi connectivity index (χ1n) is 9.19. The normalized spacial score (nSPS) is 12.4. The van der Waals surface area contributed by atoms with Gasteiger partial charge >= 0.3 is 5.97 Å². The minimum atomic E-state index is -0.889. The number of ether oxygens (including phenoxy) is 1. The van der Waals surface area contributed by atoms with E-state index in [0.29, 0.717) is 5.56 Å². The van der Waals surface area contributed by atoms with Gasteiger partial charge in [0.1, 0.15) is 0 Å². The number of carbonyl (C=O) groups excluding carboxylic acids is 2. The van der Waals surface area contributed by atoms with Crippen molar-refractivity contribution in [2.45, 2.75) is 60.0 Å². The standard InChI is InChI=1S/C23H29NO3/c1-14-12-15(2)20(16(3)13-14)24-21(25)17(4)27-22(26)18-8-10-19(11-9-18)23(5,6)7/h8-13,17H,1-7H3,(H,24,25)/t17-/m1/s1. The number of anilines is 1. The third-order valence-corrected chi connectivity index (χ3v) is 4.56. The van der Waals surface area contributed by atoms with Crippen LogP contribution < -0.4 is 5.32 Å². The molecule has 0 aromatic heterocycles. The van der Waals surface area contributed by atoms with Crippen molar-refractivity contribution in [3.05, 3.63) is 64.2 Å². The van der Waals surface area contributed by atoms with Crippen LogP contribution in [0.5, 0.6) is 0 Å². The van der Waals surface area contributed by atoms with E-state index in [1.54, 1.807) is 19.1 Å². The van der Waals surface area contributed by atoms with E-state index in [4.69, 9.17) is 4.74 Å². The Hall–Kier alpha value is -2.62. The van der Waals surface area contributed by atoms with Gasteiger partial charge in [-0.25, -0.2) is 4.79 Å². The van der Waals surface area contributed by atoms with Crippen LogP contribution in [0.3, 0.4) is 0 Å². The molecule has 144 valence electrons. The molecule has 2 rings (SSSR count). The van der Waals surface area contributed by atoms with E-state index in [1.807, 2.05) is 45.0 Å². The van der Waals surface area contributed by atoms with Gasteiger partial charge < -0.3 is 10.1 Å². The Bertz CT molecular complexity index is 822. The smallest absolute Gasteiger partial charge is 0.338 e. The SMILES string of the molecule is Cc1cc(C)c(NC(=O)[C@@H](C)OC(=O)c2ccc(C(C)(C)C)cc2)c(C)c1. The van der Waals surface area contributed by atoms with E-state index in [0.717, 1.165) is 27.9 Å². The molecule has 0 saturated carbocycles. The Balaban J connectivity index is 2.05. The molecule has 27 heavy (non-hydrogen) atoms. The zero-order valence-corrected chi connectivity index (χ0v) is 17.3. The number of amides is 1. The summed E-state index contributed by atoms with van der Waals surface area (Å²) in [5, 5.41) is 2.88. The van der Waals surface area contributed by atoms with Crippen molar-refractivity contribution in [2.24, 2.45) is 0 Å². The fraction of sp³-hybridized carbons (Fsp3) is 0.391. The number of esters is 1. The predicted octanol–water partition coefficient (Wildman–Crippen LogP) is 5.09. The summed E-state index contributed by atoms with van der Waals surface area (Å²) >= 11 is 0. The number of hydrogen-bond donors (Lipinski definition) is 1. The zero-order valence-electron chi connectivity index (χ0n) is 17.3. The van der Waals surface area contributed by atoms with Crippen LogP contribution >= 0.6 is 0 Å². The quantitative estimate of drug-likeness (QED) is 0.766. The lowest BCUT2D eigenvalue weighted by Gasteiger charge is -2.19. The molecule has 0 fully saturated rings. The topological polar surface area (TPSA) is 55.4 Å². The van der Waals surface area contributed by atoms with Crippen molar-refractivity contribution in [1.29, 1.82) is 0 Å². The Morgan fingerprint density at radius 1 is 0.963 bits per heavy atom. The van der Waals surface area contributed by atoms with Gasteiger partial charge in [0, 0.05) is 5.69 Å². The van der Waals surface area contributed by atoms with Crippen LogP contribution in [-0.4, -0.2) is 18.0 Å². The monoisotopic (exact) mass is 367 g/mol. The molecule has 2 aromatic carbocycles. The number of carbonyl (C=O) groups is 2. The van der Waals surface area contributed by atoms with Gasteiger partial charge in [-0.2, -0.15) is 0 Å². The van der Waals surface area contributed by atoms with Gasteiger partial charge in [-0.15, -0.1) is 0 Å². The van der Waals surface area contributed by atoms with E-state index < -0.39 is 12.1 Å². The minimum absolute atomic E-state index is 0.0133. The van der Waals surface area contributed by atoms with Crippen LogP contribution in [0.1, 0.15) is 60.3 Å². The highest BCUT2D eigenvalue weighted by molar-refractivity contribution is 5.98. The largest absolute Gasteiger partial charge is 0.449 e. The van der Waals surface area contributed by atoms with E-state index >= 15 is 0 Å². The van der Waals surface area contributed by atoms with Crippen LogP contribution in [0, 0.1) is 20.8 Å². The fourth-order valence-electron chi connectivity index (χ4n) is 2.99. The van der Waals surface area contributed by atoms with E-state index in [-0.39, 0.29) is 11.3 Å². The van der Waals surface area contributed by atoms with E-state index in [2.05, 4.69) is 26.1 Å². The highest BCUT2D eigenvalue weighted by Gasteiger charge is 2.21. The maximum Gasteiger partial charge on any atom is 0.338 e. The molecule has 0 spiro atoms. The van der Waals surface area contributed by atoms with Gasteiger partial charge in [-0.05, 0) is 61.9 Å². The van der Waals surface area contributed by atoms with Crippen molar-refractivity contribution in [3.63, 3.8) is 0 Å². The second-order valence-electron chi connectivity index (χ2n) is 8.14. The summed E-state index contributed by atoms with van der Waals surface area (Å²) in [4.78, 5) is 24.8. The molecule has 0 unspecified atom stereocenters. The Kier molecular flexibility index (Phi) is 6.09. The molecule has 0 heterocycles. The number of benzene rings is 2. The Labute approximate surface area is 161 Å². The summed E-state index contributed by atoms with van der Waals surface area (Å²) in [6, 6.07) is 11.3. The summed E-state index contributed by atoms with van der Waals surface area (Å²) < 4.78 is 5.35. The lowest BCUT2D eigenvalue weighted by Crippen LogP contribution is -2.30. The van der Waals surface area contributed by atoms with Crippen molar-refractivity contribution in [1.82, 2.24) is 0 Å². The molecule has 4 nitrogen and oxygen atoms in total. The van der Waals surface area contributed by atoms with Crippen molar-refractivity contribution in [3.8, 4) is 0 Å². The first-order chi connectivity index (χ1) is 12.5. The average molecular weight is 367 g/mol. The van der Waals surface area contributed by atoms with Crippen molar-refractivity contribution in [2.75, 3.05) is 5.32 Å². The molecule has 1 amide bonds. The summed E-state index contributed by atoms with van der Waals surface area (Å²) in [5.74, 6) is -0.847. The van der Waals surface area contributed by atoms with Crippen LogP contribution in [0.4, 0.5) is 5.69 Å². The maximum absolute atomic E-state index is 12.5. The van der Waals surface area contributed by atoms with Gasteiger partial charge in [-0.3, -0.25) is 4.79 Å².